The van der Waals surface area contributed by atoms with E-state index in [9.17, 15) is 14.7 Å². The summed E-state index contributed by atoms with van der Waals surface area (Å²) in [5.74, 6) is 1.66. The van der Waals surface area contributed by atoms with E-state index in [0.29, 0.717) is 51.7 Å². The molecule has 3 N–H and O–H groups in total. The van der Waals surface area contributed by atoms with Gasteiger partial charge in [0.2, 0.25) is 0 Å². The van der Waals surface area contributed by atoms with Gasteiger partial charge in [-0.15, -0.1) is 0 Å². The van der Waals surface area contributed by atoms with Gasteiger partial charge in [-0.3, -0.25) is 9.59 Å². The molecule has 2 aliphatic rings. The number of carbonyl (C=O) groups is 2. The second-order valence-corrected chi connectivity index (χ2v) is 16.8. The standard InChI is InChI=1S/C52H52N2O7/c1-30-22-31(2)48(32(3)23-30)53-44-20-21-45(47-46(44)50(56)42-10-8-9-11-43(42)51(47)57)54-49-33(4)24-40(25-34(49)5)59-27-37(55)26-58-38-16-12-35(13-17-38)52(6,7)36-14-18-39(19-15-36)60-28-41-29-61-41/h8-25,37,41,53-55H,26-29H2,1-7H3. The lowest BCUT2D eigenvalue weighted by Gasteiger charge is -2.26. The molecule has 0 aromatic heterocycles. The average molecular weight is 817 g/mol. The minimum Gasteiger partial charge on any atom is -0.491 e. The third kappa shape index (κ3) is 8.76. The number of aryl methyl sites for hydroxylation is 5. The molecule has 61 heavy (non-hydrogen) atoms. The molecule has 0 amide bonds. The number of anilines is 4. The van der Waals surface area contributed by atoms with E-state index in [-0.39, 0.29) is 36.3 Å². The maximum atomic E-state index is 14.2. The molecule has 9 heteroatoms. The third-order valence-electron chi connectivity index (χ3n) is 11.7. The number of hydrogen-bond acceptors (Lipinski definition) is 9. The van der Waals surface area contributed by atoms with Gasteiger partial charge in [0, 0.05) is 27.9 Å². The van der Waals surface area contributed by atoms with Gasteiger partial charge in [0.15, 0.2) is 11.6 Å². The molecule has 0 saturated carbocycles. The Morgan fingerprint density at radius 3 is 1.51 bits per heavy atom. The van der Waals surface area contributed by atoms with Crippen LogP contribution in [-0.2, 0) is 10.2 Å². The first kappa shape index (κ1) is 41.3. The monoisotopic (exact) mass is 816 g/mol. The summed E-state index contributed by atoms with van der Waals surface area (Å²) in [5, 5.41) is 17.8. The molecule has 312 valence electrons. The molecule has 9 nitrogen and oxygen atoms in total. The van der Waals surface area contributed by atoms with Crippen molar-refractivity contribution >= 4 is 34.3 Å². The third-order valence-corrected chi connectivity index (χ3v) is 11.7. The Kier molecular flexibility index (Phi) is 11.5. The van der Waals surface area contributed by atoms with Gasteiger partial charge >= 0.3 is 0 Å². The SMILES string of the molecule is Cc1cc(C)c(Nc2ccc(Nc3c(C)cc(OCC(O)COc4ccc(C(C)(C)c5ccc(OCC6CO6)cc5)cc4)cc3C)c3c2C(=O)c2ccccc2C3=O)c(C)c1. The zero-order valence-electron chi connectivity index (χ0n) is 35.8. The molecule has 1 aliphatic heterocycles. The highest BCUT2D eigenvalue weighted by Crippen LogP contribution is 2.41. The van der Waals surface area contributed by atoms with Crippen LogP contribution in [0.15, 0.2) is 109 Å². The smallest absolute Gasteiger partial charge is 0.196 e. The highest BCUT2D eigenvalue weighted by Gasteiger charge is 2.34. The minimum absolute atomic E-state index is 0.0298. The van der Waals surface area contributed by atoms with E-state index in [1.54, 1.807) is 24.3 Å². The Bertz CT molecular complexity index is 2580. The van der Waals surface area contributed by atoms with Crippen LogP contribution in [0.25, 0.3) is 0 Å². The molecule has 1 aliphatic carbocycles. The molecule has 1 heterocycles. The fraction of sp³-hybridized carbons (Fsp3) is 0.269. The molecule has 2 unspecified atom stereocenters. The molecule has 0 radical (unpaired) electrons. The zero-order valence-corrected chi connectivity index (χ0v) is 35.8. The second-order valence-electron chi connectivity index (χ2n) is 16.8. The Hall–Kier alpha value is -6.42. The molecule has 6 aromatic rings. The maximum Gasteiger partial charge on any atom is 0.196 e. The number of fused-ring (bicyclic) bond motifs is 2. The number of benzene rings is 6. The van der Waals surface area contributed by atoms with Gasteiger partial charge in [-0.2, -0.15) is 0 Å². The van der Waals surface area contributed by atoms with E-state index >= 15 is 0 Å². The Morgan fingerprint density at radius 1 is 0.623 bits per heavy atom. The molecule has 0 bridgehead atoms. The van der Waals surface area contributed by atoms with Crippen LogP contribution in [0, 0.1) is 34.6 Å². The molecule has 1 saturated heterocycles. The summed E-state index contributed by atoms with van der Waals surface area (Å²) in [7, 11) is 0. The van der Waals surface area contributed by atoms with Gasteiger partial charge in [0.25, 0.3) is 0 Å². The lowest BCUT2D eigenvalue weighted by molar-refractivity contribution is 0.0626. The molecule has 8 rings (SSSR count). The van der Waals surface area contributed by atoms with Crippen LogP contribution in [0.4, 0.5) is 22.7 Å². The minimum atomic E-state index is -0.876. The number of aliphatic hydroxyl groups excluding tert-OH is 1. The van der Waals surface area contributed by atoms with Crippen molar-refractivity contribution in [1.29, 1.82) is 0 Å². The summed E-state index contributed by atoms with van der Waals surface area (Å²) in [6.45, 7) is 15.8. The van der Waals surface area contributed by atoms with Crippen molar-refractivity contribution in [3.05, 3.63) is 170 Å². The van der Waals surface area contributed by atoms with E-state index in [0.717, 1.165) is 57.1 Å². The number of aliphatic hydroxyl groups is 1. The number of epoxide rings is 1. The first-order chi connectivity index (χ1) is 29.3. The maximum absolute atomic E-state index is 14.2. The van der Waals surface area contributed by atoms with Crippen molar-refractivity contribution in [2.24, 2.45) is 0 Å². The summed E-state index contributed by atoms with van der Waals surface area (Å²) in [6.07, 6.45) is -0.657. The summed E-state index contributed by atoms with van der Waals surface area (Å²) >= 11 is 0. The number of ether oxygens (including phenoxy) is 4. The summed E-state index contributed by atoms with van der Waals surface area (Å²) in [6, 6.07) is 34.8. The number of rotatable bonds is 15. The van der Waals surface area contributed by atoms with Gasteiger partial charge < -0.3 is 34.7 Å². The fourth-order valence-electron chi connectivity index (χ4n) is 8.17. The second kappa shape index (κ2) is 16.9. The molecule has 1 fully saturated rings. The van der Waals surface area contributed by atoms with E-state index in [1.807, 2.05) is 76.2 Å². The largest absolute Gasteiger partial charge is 0.491 e. The van der Waals surface area contributed by atoms with Crippen molar-refractivity contribution in [3.63, 3.8) is 0 Å². The number of ketones is 2. The van der Waals surface area contributed by atoms with Gasteiger partial charge in [-0.05, 0) is 117 Å². The molecule has 2 atom stereocenters. The molecule has 6 aromatic carbocycles. The van der Waals surface area contributed by atoms with Crippen molar-refractivity contribution < 1.29 is 33.6 Å². The zero-order chi connectivity index (χ0) is 43.0. The Labute approximate surface area is 357 Å². The summed E-state index contributed by atoms with van der Waals surface area (Å²) in [4.78, 5) is 28.4. The number of nitrogens with one attached hydrogen (secondary N) is 2. The van der Waals surface area contributed by atoms with Crippen LogP contribution in [-0.4, -0.2) is 55.3 Å². The van der Waals surface area contributed by atoms with E-state index in [1.165, 1.54) is 5.56 Å². The van der Waals surface area contributed by atoms with Crippen LogP contribution in [0.1, 0.15) is 84.6 Å². The summed E-state index contributed by atoms with van der Waals surface area (Å²) < 4.78 is 23.0. The molecule has 0 spiro atoms. The summed E-state index contributed by atoms with van der Waals surface area (Å²) in [5.41, 5.74) is 11.3. The predicted molar refractivity (Wildman–Crippen MR) is 240 cm³/mol. The number of hydrogen-bond donors (Lipinski definition) is 3. The topological polar surface area (TPSA) is 119 Å². The van der Waals surface area contributed by atoms with Crippen molar-refractivity contribution in [1.82, 2.24) is 0 Å². The van der Waals surface area contributed by atoms with Crippen molar-refractivity contribution in [3.8, 4) is 17.2 Å². The molecular formula is C52H52N2O7. The first-order valence-corrected chi connectivity index (χ1v) is 20.7. The van der Waals surface area contributed by atoms with Crippen LogP contribution in [0.2, 0.25) is 0 Å². The van der Waals surface area contributed by atoms with Gasteiger partial charge in [-0.25, -0.2) is 0 Å². The first-order valence-electron chi connectivity index (χ1n) is 20.7. The van der Waals surface area contributed by atoms with Gasteiger partial charge in [-0.1, -0.05) is 80.1 Å². The van der Waals surface area contributed by atoms with Crippen LogP contribution in [0.5, 0.6) is 17.2 Å². The lowest BCUT2D eigenvalue weighted by atomic mass is 9.78. The quantitative estimate of drug-likeness (QED) is 0.0869. The van der Waals surface area contributed by atoms with E-state index < -0.39 is 6.10 Å². The van der Waals surface area contributed by atoms with Crippen LogP contribution in [0.3, 0.4) is 0 Å². The van der Waals surface area contributed by atoms with Crippen LogP contribution >= 0.6 is 0 Å². The number of carbonyl (C=O) groups excluding carboxylic acids is 2. The van der Waals surface area contributed by atoms with E-state index in [4.69, 9.17) is 18.9 Å². The van der Waals surface area contributed by atoms with Gasteiger partial charge in [0.1, 0.15) is 49.3 Å². The highest BCUT2D eigenvalue weighted by atomic mass is 16.6. The average Bonchev–Trinajstić information content (AvgIpc) is 4.08. The van der Waals surface area contributed by atoms with Crippen LogP contribution < -0.4 is 24.8 Å². The molecular weight excluding hydrogens is 765 g/mol. The Morgan fingerprint density at radius 2 is 1.05 bits per heavy atom. The predicted octanol–water partition coefficient (Wildman–Crippen LogP) is 10.4. The normalized spacial score (nSPS) is 14.8. The van der Waals surface area contributed by atoms with Crippen molar-refractivity contribution in [2.75, 3.05) is 37.1 Å². The van der Waals surface area contributed by atoms with Crippen molar-refractivity contribution in [2.45, 2.75) is 66.1 Å². The Balaban J connectivity index is 0.924. The van der Waals surface area contributed by atoms with E-state index in [2.05, 4.69) is 67.8 Å². The fourth-order valence-corrected chi connectivity index (χ4v) is 8.17. The highest BCUT2D eigenvalue weighted by molar-refractivity contribution is 6.32. The lowest BCUT2D eigenvalue weighted by Crippen LogP contribution is -2.25. The van der Waals surface area contributed by atoms with Gasteiger partial charge in [0.05, 0.1) is 29.1 Å².